The first-order chi connectivity index (χ1) is 10.0. The van der Waals surface area contributed by atoms with E-state index in [1.165, 1.54) is 0 Å². The normalized spacial score (nSPS) is 21.2. The smallest absolute Gasteiger partial charge is 0.306 e. The Morgan fingerprint density at radius 1 is 1.33 bits per heavy atom. The number of carboxylic acids is 1. The van der Waals surface area contributed by atoms with Crippen LogP contribution in [0.1, 0.15) is 37.6 Å². The molecule has 0 aromatic carbocycles. The van der Waals surface area contributed by atoms with Gasteiger partial charge in [-0.05, 0) is 45.2 Å². The van der Waals surface area contributed by atoms with Crippen molar-refractivity contribution in [2.24, 2.45) is 11.8 Å². The van der Waals surface area contributed by atoms with Crippen LogP contribution in [-0.2, 0) is 16.1 Å². The molecule has 1 aliphatic carbocycles. The molecule has 2 atom stereocenters. The average Bonchev–Trinajstić information content (AvgIpc) is 2.94. The summed E-state index contributed by atoms with van der Waals surface area (Å²) in [5.41, 5.74) is 1.81. The van der Waals surface area contributed by atoms with Gasteiger partial charge in [-0.3, -0.25) is 14.6 Å². The van der Waals surface area contributed by atoms with Crippen molar-refractivity contribution in [1.29, 1.82) is 0 Å². The van der Waals surface area contributed by atoms with Crippen molar-refractivity contribution >= 4 is 11.9 Å². The topological polar surface area (TPSA) is 70.5 Å². The molecule has 0 spiro atoms. The summed E-state index contributed by atoms with van der Waals surface area (Å²) < 4.78 is 0. The van der Waals surface area contributed by atoms with Gasteiger partial charge >= 0.3 is 5.97 Å². The Morgan fingerprint density at radius 2 is 2.05 bits per heavy atom. The number of pyridine rings is 1. The van der Waals surface area contributed by atoms with E-state index in [1.807, 2.05) is 32.0 Å². The molecule has 1 amide bonds. The predicted molar refractivity (Wildman–Crippen MR) is 78.5 cm³/mol. The van der Waals surface area contributed by atoms with Crippen molar-refractivity contribution in [1.82, 2.24) is 9.88 Å². The lowest BCUT2D eigenvalue weighted by Gasteiger charge is -2.24. The molecule has 0 radical (unpaired) electrons. The minimum atomic E-state index is -0.784. The van der Waals surface area contributed by atoms with Gasteiger partial charge in [0.2, 0.25) is 5.91 Å². The van der Waals surface area contributed by atoms with Crippen molar-refractivity contribution in [2.45, 2.75) is 39.7 Å². The van der Waals surface area contributed by atoms with E-state index in [1.54, 1.807) is 4.90 Å². The molecule has 2 rings (SSSR count). The molecule has 1 heterocycles. The fourth-order valence-corrected chi connectivity index (χ4v) is 2.92. The first-order valence-corrected chi connectivity index (χ1v) is 7.45. The number of aliphatic carboxylic acids is 1. The minimum absolute atomic E-state index is 0.0598. The van der Waals surface area contributed by atoms with Gasteiger partial charge in [0.05, 0.1) is 18.2 Å². The third-order valence-electron chi connectivity index (χ3n) is 4.12. The van der Waals surface area contributed by atoms with E-state index in [0.717, 1.165) is 11.4 Å². The van der Waals surface area contributed by atoms with Crippen LogP contribution in [0.25, 0.3) is 0 Å². The fraction of sp³-hybridized carbons (Fsp3) is 0.562. The first-order valence-electron chi connectivity index (χ1n) is 7.45. The minimum Gasteiger partial charge on any atom is -0.481 e. The lowest BCUT2D eigenvalue weighted by atomic mass is 10.0. The van der Waals surface area contributed by atoms with Gasteiger partial charge in [0.15, 0.2) is 0 Å². The molecular formula is C16H22N2O3. The summed E-state index contributed by atoms with van der Waals surface area (Å²) >= 11 is 0. The highest BCUT2D eigenvalue weighted by Gasteiger charge is 2.35. The van der Waals surface area contributed by atoms with Gasteiger partial charge in [0.25, 0.3) is 0 Å². The zero-order valence-corrected chi connectivity index (χ0v) is 12.6. The highest BCUT2D eigenvalue weighted by Crippen LogP contribution is 2.32. The molecule has 0 aliphatic heterocycles. The van der Waals surface area contributed by atoms with Crippen LogP contribution in [0.3, 0.4) is 0 Å². The van der Waals surface area contributed by atoms with Crippen LogP contribution in [0, 0.1) is 18.8 Å². The fourth-order valence-electron chi connectivity index (χ4n) is 2.92. The van der Waals surface area contributed by atoms with E-state index in [2.05, 4.69) is 4.98 Å². The number of aryl methyl sites for hydroxylation is 1. The maximum atomic E-state index is 12.5. The quantitative estimate of drug-likeness (QED) is 0.903. The van der Waals surface area contributed by atoms with Gasteiger partial charge in [0.1, 0.15) is 0 Å². The van der Waals surface area contributed by atoms with Gasteiger partial charge in [-0.25, -0.2) is 0 Å². The van der Waals surface area contributed by atoms with Gasteiger partial charge in [-0.2, -0.15) is 0 Å². The molecule has 0 saturated heterocycles. The van der Waals surface area contributed by atoms with Crippen LogP contribution in [0.4, 0.5) is 0 Å². The maximum Gasteiger partial charge on any atom is 0.306 e. The van der Waals surface area contributed by atoms with Crippen LogP contribution >= 0.6 is 0 Å². The summed E-state index contributed by atoms with van der Waals surface area (Å²) in [6, 6.07) is 5.78. The number of rotatable bonds is 5. The zero-order valence-electron chi connectivity index (χ0n) is 12.6. The third kappa shape index (κ3) is 3.80. The number of nitrogens with zero attached hydrogens (tertiary/aromatic N) is 2. The number of amides is 1. The van der Waals surface area contributed by atoms with Crippen LogP contribution < -0.4 is 0 Å². The van der Waals surface area contributed by atoms with Crippen molar-refractivity contribution < 1.29 is 14.7 Å². The van der Waals surface area contributed by atoms with Crippen molar-refractivity contribution in [2.75, 3.05) is 6.54 Å². The van der Waals surface area contributed by atoms with E-state index in [9.17, 15) is 9.59 Å². The Hall–Kier alpha value is -1.91. The number of hydrogen-bond acceptors (Lipinski definition) is 3. The summed E-state index contributed by atoms with van der Waals surface area (Å²) in [6.45, 7) is 4.97. The molecule has 0 bridgehead atoms. The standard InChI is InChI=1S/C16H22N2O3/c1-3-18(10-14-6-4-5-11(2)17-14)15(19)12-7-8-13(9-12)16(20)21/h4-6,12-13H,3,7-10H2,1-2H3,(H,20,21)/t12-,13+/m1/s1. The summed E-state index contributed by atoms with van der Waals surface area (Å²) in [5.74, 6) is -1.25. The lowest BCUT2D eigenvalue weighted by Crippen LogP contribution is -2.35. The Kier molecular flexibility index (Phi) is 4.94. The third-order valence-corrected chi connectivity index (χ3v) is 4.12. The highest BCUT2D eigenvalue weighted by molar-refractivity contribution is 5.81. The molecule has 1 aliphatic rings. The molecule has 1 fully saturated rings. The molecule has 1 aromatic rings. The molecule has 0 unspecified atom stereocenters. The molecular weight excluding hydrogens is 268 g/mol. The van der Waals surface area contributed by atoms with E-state index >= 15 is 0 Å². The Morgan fingerprint density at radius 3 is 2.62 bits per heavy atom. The van der Waals surface area contributed by atoms with Crippen LogP contribution in [0.5, 0.6) is 0 Å². The molecule has 1 aromatic heterocycles. The second-order valence-corrected chi connectivity index (χ2v) is 5.67. The SMILES string of the molecule is CCN(Cc1cccc(C)n1)C(=O)[C@@H]1CC[C@H](C(=O)O)C1. The predicted octanol–water partition coefficient (Wildman–Crippen LogP) is 2.24. The second kappa shape index (κ2) is 6.70. The number of carbonyl (C=O) groups excluding carboxylic acids is 1. The largest absolute Gasteiger partial charge is 0.481 e. The maximum absolute atomic E-state index is 12.5. The average molecular weight is 290 g/mol. The van der Waals surface area contributed by atoms with Crippen LogP contribution in [0.15, 0.2) is 18.2 Å². The van der Waals surface area contributed by atoms with Crippen molar-refractivity contribution in [3.8, 4) is 0 Å². The number of carbonyl (C=O) groups is 2. The Bertz CT molecular complexity index is 530. The van der Waals surface area contributed by atoms with Gasteiger partial charge in [-0.1, -0.05) is 6.07 Å². The molecule has 21 heavy (non-hydrogen) atoms. The monoisotopic (exact) mass is 290 g/mol. The van der Waals surface area contributed by atoms with E-state index in [4.69, 9.17) is 5.11 Å². The Balaban J connectivity index is 2.01. The van der Waals surface area contributed by atoms with Crippen LogP contribution in [0.2, 0.25) is 0 Å². The van der Waals surface area contributed by atoms with Crippen molar-refractivity contribution in [3.05, 3.63) is 29.6 Å². The zero-order chi connectivity index (χ0) is 15.4. The highest BCUT2D eigenvalue weighted by atomic mass is 16.4. The number of hydrogen-bond donors (Lipinski definition) is 1. The summed E-state index contributed by atoms with van der Waals surface area (Å²) in [5, 5.41) is 9.04. The lowest BCUT2D eigenvalue weighted by molar-refractivity contribution is -0.141. The first kappa shape index (κ1) is 15.5. The van der Waals surface area contributed by atoms with Gasteiger partial charge < -0.3 is 10.0 Å². The van der Waals surface area contributed by atoms with Crippen molar-refractivity contribution in [3.63, 3.8) is 0 Å². The summed E-state index contributed by atoms with van der Waals surface area (Å²) in [6.07, 6.45) is 1.74. The number of carboxylic acid groups (broad SMARTS) is 1. The molecule has 1 saturated carbocycles. The van der Waals surface area contributed by atoms with E-state index < -0.39 is 5.97 Å². The second-order valence-electron chi connectivity index (χ2n) is 5.67. The summed E-state index contributed by atoms with van der Waals surface area (Å²) in [4.78, 5) is 29.7. The van der Waals surface area contributed by atoms with Gasteiger partial charge in [-0.15, -0.1) is 0 Å². The number of aromatic nitrogens is 1. The van der Waals surface area contributed by atoms with Crippen LogP contribution in [-0.4, -0.2) is 33.4 Å². The molecule has 114 valence electrons. The van der Waals surface area contributed by atoms with E-state index in [-0.39, 0.29) is 17.7 Å². The Labute approximate surface area is 125 Å². The van der Waals surface area contributed by atoms with Gasteiger partial charge in [0, 0.05) is 18.2 Å². The summed E-state index contributed by atoms with van der Waals surface area (Å²) in [7, 11) is 0. The van der Waals surface area contributed by atoms with E-state index in [0.29, 0.717) is 32.4 Å². The molecule has 5 nitrogen and oxygen atoms in total. The molecule has 1 N–H and O–H groups in total. The molecule has 5 heteroatoms.